The molecule has 1 atom stereocenters. The number of benzene rings is 2. The fourth-order valence-electron chi connectivity index (χ4n) is 2.84. The van der Waals surface area contributed by atoms with Crippen molar-refractivity contribution < 1.29 is 27.9 Å². The molecule has 1 unspecified atom stereocenters. The monoisotopic (exact) mass is 429 g/mol. The number of carboxylic acid groups (broad SMARTS) is 1. The van der Waals surface area contributed by atoms with Gasteiger partial charge in [0.25, 0.3) is 0 Å². The van der Waals surface area contributed by atoms with Gasteiger partial charge in [-0.1, -0.05) is 48.5 Å². The van der Waals surface area contributed by atoms with Crippen LogP contribution in [0.15, 0.2) is 54.6 Å². The zero-order chi connectivity index (χ0) is 22.4. The van der Waals surface area contributed by atoms with Crippen LogP contribution in [0.5, 0.6) is 0 Å². The summed E-state index contributed by atoms with van der Waals surface area (Å²) in [6.07, 6.45) is -0.555. The SMILES string of the molecule is N#CCNC(=O)CCS(=O)(=O)C(N)(C(=O)c1ccccc1)c1ccccc1C(=O)O. The molecule has 0 radical (unpaired) electrons. The zero-order valence-corrected chi connectivity index (χ0v) is 16.6. The highest BCUT2D eigenvalue weighted by Crippen LogP contribution is 2.33. The molecule has 0 heterocycles. The number of amides is 1. The second kappa shape index (κ2) is 9.30. The molecule has 1 amide bonds. The number of ketones is 1. The lowest BCUT2D eigenvalue weighted by Crippen LogP contribution is -2.53. The first-order chi connectivity index (χ1) is 14.1. The van der Waals surface area contributed by atoms with Gasteiger partial charge in [-0.3, -0.25) is 9.59 Å². The van der Waals surface area contributed by atoms with Crippen LogP contribution < -0.4 is 11.1 Å². The van der Waals surface area contributed by atoms with E-state index in [-0.39, 0.29) is 12.1 Å². The second-order valence-electron chi connectivity index (χ2n) is 6.29. The highest BCUT2D eigenvalue weighted by Gasteiger charge is 2.50. The first-order valence-electron chi connectivity index (χ1n) is 8.72. The Morgan fingerprint density at radius 3 is 2.27 bits per heavy atom. The van der Waals surface area contributed by atoms with Crippen molar-refractivity contribution in [2.24, 2.45) is 5.73 Å². The largest absolute Gasteiger partial charge is 0.478 e. The third-order valence-electron chi connectivity index (χ3n) is 4.38. The van der Waals surface area contributed by atoms with E-state index in [2.05, 4.69) is 5.32 Å². The molecule has 2 aromatic rings. The molecule has 156 valence electrons. The molecular weight excluding hydrogens is 410 g/mol. The van der Waals surface area contributed by atoms with E-state index >= 15 is 0 Å². The molecule has 2 aromatic carbocycles. The van der Waals surface area contributed by atoms with Crippen LogP contribution in [0.4, 0.5) is 0 Å². The zero-order valence-electron chi connectivity index (χ0n) is 15.7. The molecule has 10 heteroatoms. The van der Waals surface area contributed by atoms with Gasteiger partial charge in [0.15, 0.2) is 9.84 Å². The number of aromatic carboxylic acids is 1. The first kappa shape index (κ1) is 22.7. The Morgan fingerprint density at radius 2 is 1.67 bits per heavy atom. The first-order valence-corrected chi connectivity index (χ1v) is 10.4. The van der Waals surface area contributed by atoms with E-state index < -0.39 is 55.7 Å². The third kappa shape index (κ3) is 4.53. The highest BCUT2D eigenvalue weighted by molar-refractivity contribution is 7.93. The number of nitrogens with one attached hydrogen (secondary N) is 1. The minimum Gasteiger partial charge on any atom is -0.478 e. The average molecular weight is 429 g/mol. The molecule has 0 saturated carbocycles. The standard InChI is InChI=1S/C20H19N3O6S/c21-11-12-23-17(24)10-13-30(28,29)20(22,18(25)14-6-2-1-3-7-14)16-9-5-4-8-15(16)19(26)27/h1-9H,10,12-13,22H2,(H,23,24)(H,26,27). The lowest BCUT2D eigenvalue weighted by Gasteiger charge is -2.29. The molecule has 0 spiro atoms. The molecule has 0 aliphatic rings. The number of nitrogens with two attached hydrogens (primary N) is 1. The van der Waals surface area contributed by atoms with E-state index in [0.717, 1.165) is 12.1 Å². The summed E-state index contributed by atoms with van der Waals surface area (Å²) in [5.74, 6) is -4.02. The van der Waals surface area contributed by atoms with Crippen molar-refractivity contribution in [3.63, 3.8) is 0 Å². The number of carbonyl (C=O) groups is 3. The van der Waals surface area contributed by atoms with Gasteiger partial charge in [0.05, 0.1) is 17.4 Å². The molecular formula is C20H19N3O6S. The number of sulfone groups is 1. The molecule has 0 aromatic heterocycles. The van der Waals surface area contributed by atoms with Crippen molar-refractivity contribution >= 4 is 27.5 Å². The van der Waals surface area contributed by atoms with Crippen LogP contribution in [0.25, 0.3) is 0 Å². The summed E-state index contributed by atoms with van der Waals surface area (Å²) in [6, 6.07) is 14.1. The Morgan fingerprint density at radius 1 is 1.07 bits per heavy atom. The van der Waals surface area contributed by atoms with Gasteiger partial charge in [0.1, 0.15) is 6.54 Å². The van der Waals surface area contributed by atoms with Crippen LogP contribution in [-0.2, 0) is 19.5 Å². The van der Waals surface area contributed by atoms with Crippen LogP contribution in [0.1, 0.15) is 32.7 Å². The van der Waals surface area contributed by atoms with Crippen molar-refractivity contribution in [3.05, 3.63) is 71.3 Å². The Balaban J connectivity index is 2.60. The van der Waals surface area contributed by atoms with Crippen LogP contribution in [0.2, 0.25) is 0 Å². The second-order valence-corrected chi connectivity index (χ2v) is 8.57. The van der Waals surface area contributed by atoms with E-state index in [1.807, 2.05) is 0 Å². The van der Waals surface area contributed by atoms with Gasteiger partial charge >= 0.3 is 5.97 Å². The van der Waals surface area contributed by atoms with Crippen molar-refractivity contribution in [3.8, 4) is 6.07 Å². The smallest absolute Gasteiger partial charge is 0.336 e. The van der Waals surface area contributed by atoms with E-state index in [9.17, 15) is 27.9 Å². The summed E-state index contributed by atoms with van der Waals surface area (Å²) >= 11 is 0. The summed E-state index contributed by atoms with van der Waals surface area (Å²) in [4.78, 5) is 34.0. The average Bonchev–Trinajstić information content (AvgIpc) is 2.75. The van der Waals surface area contributed by atoms with Crippen molar-refractivity contribution in [2.75, 3.05) is 12.3 Å². The van der Waals surface area contributed by atoms with Crippen molar-refractivity contribution in [1.29, 1.82) is 5.26 Å². The number of rotatable bonds is 9. The molecule has 0 aliphatic carbocycles. The van der Waals surface area contributed by atoms with Crippen LogP contribution in [-0.4, -0.2) is 43.5 Å². The Hall–Kier alpha value is -3.55. The number of carboxylic acids is 1. The summed E-state index contributed by atoms with van der Waals surface area (Å²) in [5, 5.41) is 20.2. The predicted octanol–water partition coefficient (Wildman–Crippen LogP) is 0.824. The summed E-state index contributed by atoms with van der Waals surface area (Å²) in [5.41, 5.74) is 5.34. The van der Waals surface area contributed by atoms with Gasteiger partial charge in [-0.25, -0.2) is 13.2 Å². The number of Topliss-reactive ketones (excluding diaryl/α,β-unsaturated/α-hetero) is 1. The quantitative estimate of drug-likeness (QED) is 0.389. The maximum absolute atomic E-state index is 13.3. The Labute approximate surface area is 173 Å². The normalized spacial score (nSPS) is 12.9. The minimum atomic E-state index is -4.58. The third-order valence-corrected chi connectivity index (χ3v) is 6.51. The molecule has 0 fully saturated rings. The molecule has 0 saturated heterocycles. The maximum atomic E-state index is 13.3. The summed E-state index contributed by atoms with van der Waals surface area (Å²) in [7, 11) is -4.58. The van der Waals surface area contributed by atoms with Gasteiger partial charge in [-0.2, -0.15) is 5.26 Å². The topological polar surface area (TPSA) is 167 Å². The fraction of sp³-hybridized carbons (Fsp3) is 0.200. The van der Waals surface area contributed by atoms with Gasteiger partial charge in [0.2, 0.25) is 16.6 Å². The molecule has 2 rings (SSSR count). The maximum Gasteiger partial charge on any atom is 0.336 e. The van der Waals surface area contributed by atoms with Crippen molar-refractivity contribution in [1.82, 2.24) is 5.32 Å². The van der Waals surface area contributed by atoms with E-state index in [1.165, 1.54) is 36.4 Å². The number of nitrogens with zero attached hydrogens (tertiary/aromatic N) is 1. The Kier molecular flexibility index (Phi) is 7.05. The molecule has 0 bridgehead atoms. The molecule has 30 heavy (non-hydrogen) atoms. The lowest BCUT2D eigenvalue weighted by molar-refractivity contribution is -0.120. The minimum absolute atomic E-state index is 0.0299. The van der Waals surface area contributed by atoms with E-state index in [1.54, 1.807) is 12.1 Å². The van der Waals surface area contributed by atoms with E-state index in [0.29, 0.717) is 0 Å². The molecule has 0 aliphatic heterocycles. The molecule has 9 nitrogen and oxygen atoms in total. The number of nitriles is 1. The van der Waals surface area contributed by atoms with Gasteiger partial charge < -0.3 is 16.2 Å². The summed E-state index contributed by atoms with van der Waals surface area (Å²) < 4.78 is 26.5. The lowest BCUT2D eigenvalue weighted by atomic mass is 9.93. The fourth-order valence-corrected chi connectivity index (χ4v) is 4.53. The Bertz CT molecular complexity index is 1110. The van der Waals surface area contributed by atoms with Crippen LogP contribution in [0, 0.1) is 11.3 Å². The highest BCUT2D eigenvalue weighted by atomic mass is 32.2. The number of carbonyl (C=O) groups excluding carboxylic acids is 2. The summed E-state index contributed by atoms with van der Waals surface area (Å²) in [6.45, 7) is -0.308. The van der Waals surface area contributed by atoms with Crippen molar-refractivity contribution in [2.45, 2.75) is 11.3 Å². The van der Waals surface area contributed by atoms with Gasteiger partial charge in [-0.15, -0.1) is 0 Å². The number of hydrogen-bond donors (Lipinski definition) is 3. The van der Waals surface area contributed by atoms with E-state index in [4.69, 9.17) is 11.0 Å². The van der Waals surface area contributed by atoms with Crippen LogP contribution in [0.3, 0.4) is 0 Å². The number of hydrogen-bond acceptors (Lipinski definition) is 7. The van der Waals surface area contributed by atoms with Crippen LogP contribution >= 0.6 is 0 Å². The molecule has 4 N–H and O–H groups in total. The van der Waals surface area contributed by atoms with Gasteiger partial charge in [0, 0.05) is 17.5 Å². The predicted molar refractivity (Wildman–Crippen MR) is 107 cm³/mol. The van der Waals surface area contributed by atoms with Gasteiger partial charge in [-0.05, 0) is 6.07 Å².